The third kappa shape index (κ3) is 3.36. The number of aryl methyl sites for hydroxylation is 1. The summed E-state index contributed by atoms with van der Waals surface area (Å²) in [7, 11) is 0. The van der Waals surface area contributed by atoms with Crippen molar-refractivity contribution in [3.8, 4) is 0 Å². The van der Waals surface area contributed by atoms with Gasteiger partial charge in [-0.25, -0.2) is 4.39 Å². The Hall–Kier alpha value is -2.34. The Balaban J connectivity index is 2.06. The van der Waals surface area contributed by atoms with Crippen molar-refractivity contribution in [2.24, 2.45) is 0 Å². The molecule has 0 atom stereocenters. The fourth-order valence-corrected chi connectivity index (χ4v) is 1.89. The average Bonchev–Trinajstić information content (AvgIpc) is 2.41. The zero-order valence-electron chi connectivity index (χ0n) is 11.0. The molecule has 0 spiro atoms. The minimum atomic E-state index is -0.511. The van der Waals surface area contributed by atoms with Crippen molar-refractivity contribution in [1.29, 1.82) is 0 Å². The summed E-state index contributed by atoms with van der Waals surface area (Å²) in [4.78, 5) is 14.6. The maximum absolute atomic E-state index is 13.2. The van der Waals surface area contributed by atoms with Gasteiger partial charge < -0.3 is 5.32 Å². The van der Waals surface area contributed by atoms with Crippen molar-refractivity contribution in [2.45, 2.75) is 20.0 Å². The number of nitrogens with zero attached hydrogens (tertiary/aromatic N) is 2. The molecule has 0 aliphatic heterocycles. The van der Waals surface area contributed by atoms with E-state index in [1.165, 1.54) is 12.1 Å². The van der Waals surface area contributed by atoms with E-state index < -0.39 is 10.7 Å². The molecule has 1 heterocycles. The topological polar surface area (TPSA) is 68.1 Å². The summed E-state index contributed by atoms with van der Waals surface area (Å²) in [6.45, 7) is 2.62. The van der Waals surface area contributed by atoms with Gasteiger partial charge >= 0.3 is 0 Å². The first-order chi connectivity index (χ1) is 9.58. The van der Waals surface area contributed by atoms with E-state index in [4.69, 9.17) is 0 Å². The van der Waals surface area contributed by atoms with Crippen LogP contribution in [0.25, 0.3) is 0 Å². The zero-order valence-corrected chi connectivity index (χ0v) is 11.0. The Bertz CT molecular complexity index is 632. The standard InChI is InChI=1S/C14H14FN3O2/c1-10-3-2-6-17-13(10)9-16-8-11-7-12(15)4-5-14(11)18(19)20/h2-7,16H,8-9H2,1H3. The summed E-state index contributed by atoms with van der Waals surface area (Å²) in [6.07, 6.45) is 1.69. The van der Waals surface area contributed by atoms with Crippen LogP contribution in [0.15, 0.2) is 36.5 Å². The van der Waals surface area contributed by atoms with E-state index in [1.807, 2.05) is 19.1 Å². The quantitative estimate of drug-likeness (QED) is 0.673. The van der Waals surface area contributed by atoms with Gasteiger partial charge in [0.1, 0.15) is 5.82 Å². The number of hydrogen-bond acceptors (Lipinski definition) is 4. The maximum atomic E-state index is 13.2. The summed E-state index contributed by atoms with van der Waals surface area (Å²) in [5.41, 5.74) is 2.14. The van der Waals surface area contributed by atoms with Crippen molar-refractivity contribution in [2.75, 3.05) is 0 Å². The minimum absolute atomic E-state index is 0.0864. The van der Waals surface area contributed by atoms with Crippen LogP contribution in [-0.4, -0.2) is 9.91 Å². The normalized spacial score (nSPS) is 10.5. The van der Waals surface area contributed by atoms with Gasteiger partial charge in [-0.05, 0) is 30.7 Å². The van der Waals surface area contributed by atoms with Crippen LogP contribution in [0.2, 0.25) is 0 Å². The lowest BCUT2D eigenvalue weighted by atomic mass is 10.1. The van der Waals surface area contributed by atoms with Crippen molar-refractivity contribution in [3.05, 3.63) is 69.3 Å². The maximum Gasteiger partial charge on any atom is 0.274 e. The Morgan fingerprint density at radius 2 is 2.15 bits per heavy atom. The molecule has 0 bridgehead atoms. The third-order valence-electron chi connectivity index (χ3n) is 2.96. The predicted octanol–water partition coefficient (Wildman–Crippen LogP) is 2.73. The lowest BCUT2D eigenvalue weighted by Gasteiger charge is -2.07. The molecule has 1 aromatic heterocycles. The molecule has 20 heavy (non-hydrogen) atoms. The molecule has 5 nitrogen and oxygen atoms in total. The molecule has 0 saturated heterocycles. The van der Waals surface area contributed by atoms with E-state index >= 15 is 0 Å². The highest BCUT2D eigenvalue weighted by molar-refractivity contribution is 5.40. The molecular weight excluding hydrogens is 261 g/mol. The van der Waals surface area contributed by atoms with Gasteiger partial charge in [0.15, 0.2) is 0 Å². The van der Waals surface area contributed by atoms with Crippen LogP contribution in [-0.2, 0) is 13.1 Å². The van der Waals surface area contributed by atoms with Crippen molar-refractivity contribution >= 4 is 5.69 Å². The van der Waals surface area contributed by atoms with Crippen LogP contribution in [0.5, 0.6) is 0 Å². The zero-order chi connectivity index (χ0) is 14.5. The second kappa shape index (κ2) is 6.21. The van der Waals surface area contributed by atoms with Crippen LogP contribution in [0.4, 0.5) is 10.1 Å². The second-order valence-corrected chi connectivity index (χ2v) is 4.40. The van der Waals surface area contributed by atoms with E-state index in [0.717, 1.165) is 17.3 Å². The van der Waals surface area contributed by atoms with Crippen LogP contribution in [0, 0.1) is 22.9 Å². The molecule has 2 rings (SSSR count). The largest absolute Gasteiger partial charge is 0.307 e. The van der Waals surface area contributed by atoms with Crippen molar-refractivity contribution in [1.82, 2.24) is 10.3 Å². The fourth-order valence-electron chi connectivity index (χ4n) is 1.89. The van der Waals surface area contributed by atoms with Gasteiger partial charge in [-0.1, -0.05) is 6.07 Å². The predicted molar refractivity (Wildman–Crippen MR) is 72.6 cm³/mol. The number of nitro groups is 1. The number of nitro benzene ring substituents is 1. The molecule has 0 aliphatic rings. The molecule has 0 saturated carbocycles. The van der Waals surface area contributed by atoms with Gasteiger partial charge in [0, 0.05) is 30.9 Å². The summed E-state index contributed by atoms with van der Waals surface area (Å²) >= 11 is 0. The van der Waals surface area contributed by atoms with Crippen LogP contribution >= 0.6 is 0 Å². The van der Waals surface area contributed by atoms with Gasteiger partial charge in [-0.15, -0.1) is 0 Å². The number of nitrogens with one attached hydrogen (secondary N) is 1. The molecule has 104 valence electrons. The van der Waals surface area contributed by atoms with Crippen LogP contribution < -0.4 is 5.32 Å². The van der Waals surface area contributed by atoms with E-state index in [0.29, 0.717) is 12.1 Å². The van der Waals surface area contributed by atoms with Gasteiger partial charge in [-0.2, -0.15) is 0 Å². The Labute approximate surface area is 115 Å². The van der Waals surface area contributed by atoms with Gasteiger partial charge in [0.2, 0.25) is 0 Å². The fraction of sp³-hybridized carbons (Fsp3) is 0.214. The Morgan fingerprint density at radius 1 is 1.35 bits per heavy atom. The lowest BCUT2D eigenvalue weighted by molar-refractivity contribution is -0.385. The molecule has 0 fully saturated rings. The van der Waals surface area contributed by atoms with Crippen LogP contribution in [0.3, 0.4) is 0 Å². The number of benzene rings is 1. The second-order valence-electron chi connectivity index (χ2n) is 4.40. The molecule has 2 aromatic rings. The highest BCUT2D eigenvalue weighted by Crippen LogP contribution is 2.19. The number of hydrogen-bond donors (Lipinski definition) is 1. The highest BCUT2D eigenvalue weighted by Gasteiger charge is 2.13. The molecule has 0 amide bonds. The van der Waals surface area contributed by atoms with E-state index in [1.54, 1.807) is 6.20 Å². The summed E-state index contributed by atoms with van der Waals surface area (Å²) < 4.78 is 13.2. The van der Waals surface area contributed by atoms with Crippen molar-refractivity contribution < 1.29 is 9.31 Å². The average molecular weight is 275 g/mol. The smallest absolute Gasteiger partial charge is 0.274 e. The number of halogens is 1. The molecule has 6 heteroatoms. The SMILES string of the molecule is Cc1cccnc1CNCc1cc(F)ccc1[N+](=O)[O-]. The molecule has 1 aromatic carbocycles. The van der Waals surface area contributed by atoms with E-state index in [2.05, 4.69) is 10.3 Å². The molecule has 0 unspecified atom stereocenters. The third-order valence-corrected chi connectivity index (χ3v) is 2.96. The summed E-state index contributed by atoms with van der Waals surface area (Å²) in [6, 6.07) is 7.23. The van der Waals surface area contributed by atoms with Crippen LogP contribution in [0.1, 0.15) is 16.8 Å². The molecule has 0 aliphatic carbocycles. The first-order valence-corrected chi connectivity index (χ1v) is 6.12. The minimum Gasteiger partial charge on any atom is -0.307 e. The summed E-state index contributed by atoms with van der Waals surface area (Å²) in [5, 5.41) is 13.9. The van der Waals surface area contributed by atoms with Gasteiger partial charge in [-0.3, -0.25) is 15.1 Å². The van der Waals surface area contributed by atoms with E-state index in [-0.39, 0.29) is 12.2 Å². The Morgan fingerprint density at radius 3 is 2.85 bits per heavy atom. The van der Waals surface area contributed by atoms with E-state index in [9.17, 15) is 14.5 Å². The number of pyridine rings is 1. The number of aromatic nitrogens is 1. The number of rotatable bonds is 5. The lowest BCUT2D eigenvalue weighted by Crippen LogP contribution is -2.15. The first kappa shape index (κ1) is 14.1. The van der Waals surface area contributed by atoms with Gasteiger partial charge in [0.25, 0.3) is 5.69 Å². The van der Waals surface area contributed by atoms with Crippen molar-refractivity contribution in [3.63, 3.8) is 0 Å². The molecular formula is C14H14FN3O2. The first-order valence-electron chi connectivity index (χ1n) is 6.12. The Kier molecular flexibility index (Phi) is 4.37. The summed E-state index contributed by atoms with van der Waals surface area (Å²) in [5.74, 6) is -0.485. The highest BCUT2D eigenvalue weighted by atomic mass is 19.1. The molecule has 0 radical (unpaired) electrons. The molecule has 1 N–H and O–H groups in total. The van der Waals surface area contributed by atoms with Gasteiger partial charge in [0.05, 0.1) is 10.6 Å². The monoisotopic (exact) mass is 275 g/mol.